The summed E-state index contributed by atoms with van der Waals surface area (Å²) in [5, 5.41) is 18.1. The fraction of sp³-hybridized carbons (Fsp3) is 0.700. The van der Waals surface area contributed by atoms with Crippen LogP contribution in [-0.4, -0.2) is 38.8 Å². The standard InChI is InChI=1S/C10H18N4O2/c1-3-5-8-12-9(14-13-8)10(16)11-7(4-2)6-15/h7,15H,3-6H2,1-2H3,(H,11,16)(H,12,13,14)/t7-/m0/s1. The van der Waals surface area contributed by atoms with Crippen LogP contribution in [0.25, 0.3) is 0 Å². The van der Waals surface area contributed by atoms with Gasteiger partial charge in [0, 0.05) is 6.42 Å². The minimum absolute atomic E-state index is 0.0749. The van der Waals surface area contributed by atoms with Crippen LogP contribution in [0.3, 0.4) is 0 Å². The van der Waals surface area contributed by atoms with Crippen LogP contribution in [0.4, 0.5) is 0 Å². The fourth-order valence-electron chi connectivity index (χ4n) is 1.27. The second kappa shape index (κ2) is 6.22. The minimum atomic E-state index is -0.348. The van der Waals surface area contributed by atoms with Gasteiger partial charge >= 0.3 is 0 Å². The highest BCUT2D eigenvalue weighted by Crippen LogP contribution is 1.98. The van der Waals surface area contributed by atoms with Crippen molar-refractivity contribution in [3.05, 3.63) is 11.6 Å². The molecule has 3 N–H and O–H groups in total. The number of carbonyl (C=O) groups is 1. The van der Waals surface area contributed by atoms with Gasteiger partial charge < -0.3 is 10.4 Å². The summed E-state index contributed by atoms with van der Waals surface area (Å²) in [6, 6.07) is -0.236. The first-order chi connectivity index (χ1) is 7.71. The van der Waals surface area contributed by atoms with E-state index in [1.165, 1.54) is 0 Å². The highest BCUT2D eigenvalue weighted by Gasteiger charge is 2.15. The van der Waals surface area contributed by atoms with Gasteiger partial charge in [-0.2, -0.15) is 0 Å². The van der Waals surface area contributed by atoms with E-state index in [0.29, 0.717) is 12.2 Å². The number of rotatable bonds is 6. The zero-order valence-electron chi connectivity index (χ0n) is 9.66. The molecule has 0 bridgehead atoms. The van der Waals surface area contributed by atoms with Crippen LogP contribution in [0, 0.1) is 0 Å². The molecular weight excluding hydrogens is 208 g/mol. The Morgan fingerprint density at radius 1 is 1.56 bits per heavy atom. The predicted molar refractivity (Wildman–Crippen MR) is 59.0 cm³/mol. The summed E-state index contributed by atoms with van der Waals surface area (Å²) in [5.74, 6) is 0.500. The lowest BCUT2D eigenvalue weighted by Gasteiger charge is -2.11. The summed E-state index contributed by atoms with van der Waals surface area (Å²) in [6.07, 6.45) is 2.40. The Morgan fingerprint density at radius 3 is 2.88 bits per heavy atom. The molecule has 0 unspecified atom stereocenters. The average molecular weight is 226 g/mol. The number of hydrogen-bond acceptors (Lipinski definition) is 4. The molecule has 6 heteroatoms. The van der Waals surface area contributed by atoms with E-state index in [2.05, 4.69) is 20.5 Å². The molecule has 0 fully saturated rings. The van der Waals surface area contributed by atoms with Crippen molar-refractivity contribution in [1.82, 2.24) is 20.5 Å². The van der Waals surface area contributed by atoms with Gasteiger partial charge in [-0.3, -0.25) is 9.89 Å². The quantitative estimate of drug-likeness (QED) is 0.648. The number of nitrogens with zero attached hydrogens (tertiary/aromatic N) is 2. The Labute approximate surface area is 94.5 Å². The molecule has 6 nitrogen and oxygen atoms in total. The zero-order chi connectivity index (χ0) is 12.0. The van der Waals surface area contributed by atoms with Crippen molar-refractivity contribution in [1.29, 1.82) is 0 Å². The first kappa shape index (κ1) is 12.6. The first-order valence-electron chi connectivity index (χ1n) is 5.54. The lowest BCUT2D eigenvalue weighted by Crippen LogP contribution is -2.37. The summed E-state index contributed by atoms with van der Waals surface area (Å²) in [6.45, 7) is 3.84. The molecule has 0 spiro atoms. The van der Waals surface area contributed by atoms with E-state index in [-0.39, 0.29) is 24.4 Å². The molecule has 1 atom stereocenters. The molecule has 0 aromatic carbocycles. The number of nitrogens with one attached hydrogen (secondary N) is 2. The summed E-state index contributed by atoms with van der Waals surface area (Å²) in [5.41, 5.74) is 0. The average Bonchev–Trinajstić information content (AvgIpc) is 2.74. The van der Waals surface area contributed by atoms with Gasteiger partial charge in [-0.05, 0) is 12.8 Å². The highest BCUT2D eigenvalue weighted by molar-refractivity contribution is 5.90. The molecule has 1 aromatic rings. The first-order valence-corrected chi connectivity index (χ1v) is 5.54. The van der Waals surface area contributed by atoms with Crippen LogP contribution in [0.1, 0.15) is 43.1 Å². The third-order valence-electron chi connectivity index (χ3n) is 2.27. The largest absolute Gasteiger partial charge is 0.394 e. The summed E-state index contributed by atoms with van der Waals surface area (Å²) in [4.78, 5) is 15.7. The number of hydrogen-bond donors (Lipinski definition) is 3. The third-order valence-corrected chi connectivity index (χ3v) is 2.27. The molecule has 1 aromatic heterocycles. The number of aromatic amines is 1. The molecule has 1 heterocycles. The van der Waals surface area contributed by atoms with Gasteiger partial charge in [-0.25, -0.2) is 4.98 Å². The van der Waals surface area contributed by atoms with Gasteiger partial charge in [0.1, 0.15) is 5.82 Å². The number of H-pyrrole nitrogens is 1. The predicted octanol–water partition coefficient (Wildman–Crippen LogP) is 0.258. The number of amides is 1. The van der Waals surface area contributed by atoms with Crippen molar-refractivity contribution in [3.8, 4) is 0 Å². The van der Waals surface area contributed by atoms with Crippen molar-refractivity contribution in [2.24, 2.45) is 0 Å². The van der Waals surface area contributed by atoms with E-state index in [1.54, 1.807) is 0 Å². The number of aromatic nitrogens is 3. The smallest absolute Gasteiger partial charge is 0.291 e. The Kier molecular flexibility index (Phi) is 4.91. The fourth-order valence-corrected chi connectivity index (χ4v) is 1.27. The molecule has 1 rings (SSSR count). The monoisotopic (exact) mass is 226 g/mol. The molecule has 0 aliphatic heterocycles. The number of aliphatic hydroxyl groups is 1. The Bertz CT molecular complexity index is 333. The van der Waals surface area contributed by atoms with Crippen molar-refractivity contribution >= 4 is 5.91 Å². The van der Waals surface area contributed by atoms with Crippen molar-refractivity contribution in [2.45, 2.75) is 39.2 Å². The number of aliphatic hydroxyl groups excluding tert-OH is 1. The normalized spacial score (nSPS) is 12.4. The van der Waals surface area contributed by atoms with Crippen molar-refractivity contribution in [2.75, 3.05) is 6.61 Å². The summed E-state index contributed by atoms with van der Waals surface area (Å²) < 4.78 is 0. The van der Waals surface area contributed by atoms with Gasteiger partial charge in [0.25, 0.3) is 5.91 Å². The molecule has 0 aliphatic carbocycles. The van der Waals surface area contributed by atoms with Gasteiger partial charge in [0.2, 0.25) is 5.82 Å². The molecule has 16 heavy (non-hydrogen) atoms. The van der Waals surface area contributed by atoms with E-state index < -0.39 is 0 Å². The summed E-state index contributed by atoms with van der Waals surface area (Å²) in [7, 11) is 0. The van der Waals surface area contributed by atoms with E-state index in [1.807, 2.05) is 13.8 Å². The maximum absolute atomic E-state index is 11.6. The number of aryl methyl sites for hydroxylation is 1. The van der Waals surface area contributed by atoms with E-state index in [9.17, 15) is 4.79 Å². The van der Waals surface area contributed by atoms with Crippen LogP contribution >= 0.6 is 0 Å². The minimum Gasteiger partial charge on any atom is -0.394 e. The van der Waals surface area contributed by atoms with Gasteiger partial charge in [0.15, 0.2) is 0 Å². The second-order valence-electron chi connectivity index (χ2n) is 3.62. The second-order valence-corrected chi connectivity index (χ2v) is 3.62. The lowest BCUT2D eigenvalue weighted by molar-refractivity contribution is 0.0904. The van der Waals surface area contributed by atoms with Crippen LogP contribution in [-0.2, 0) is 6.42 Å². The van der Waals surface area contributed by atoms with Crippen LogP contribution in [0.5, 0.6) is 0 Å². The molecule has 0 saturated heterocycles. The SMILES string of the molecule is CCCc1nc(C(=O)N[C@@H](CC)CO)n[nH]1. The van der Waals surface area contributed by atoms with Gasteiger partial charge in [-0.15, -0.1) is 5.10 Å². The molecular formula is C10H18N4O2. The molecule has 0 radical (unpaired) electrons. The van der Waals surface area contributed by atoms with Gasteiger partial charge in [0.05, 0.1) is 12.6 Å². The van der Waals surface area contributed by atoms with E-state index in [4.69, 9.17) is 5.11 Å². The van der Waals surface area contributed by atoms with Crippen LogP contribution < -0.4 is 5.32 Å². The van der Waals surface area contributed by atoms with Crippen molar-refractivity contribution < 1.29 is 9.90 Å². The Hall–Kier alpha value is -1.43. The topological polar surface area (TPSA) is 90.9 Å². The molecule has 0 aliphatic rings. The third kappa shape index (κ3) is 3.30. The molecule has 1 amide bonds. The maximum Gasteiger partial charge on any atom is 0.291 e. The number of carbonyl (C=O) groups excluding carboxylic acids is 1. The lowest BCUT2D eigenvalue weighted by atomic mass is 10.2. The highest BCUT2D eigenvalue weighted by atomic mass is 16.3. The van der Waals surface area contributed by atoms with Crippen molar-refractivity contribution in [3.63, 3.8) is 0 Å². The Morgan fingerprint density at radius 2 is 2.31 bits per heavy atom. The zero-order valence-corrected chi connectivity index (χ0v) is 9.66. The van der Waals surface area contributed by atoms with E-state index in [0.717, 1.165) is 12.8 Å². The molecule has 90 valence electrons. The van der Waals surface area contributed by atoms with Crippen LogP contribution in [0.15, 0.2) is 0 Å². The van der Waals surface area contributed by atoms with Gasteiger partial charge in [-0.1, -0.05) is 13.8 Å². The van der Waals surface area contributed by atoms with Crippen LogP contribution in [0.2, 0.25) is 0 Å². The summed E-state index contributed by atoms with van der Waals surface area (Å²) >= 11 is 0. The molecule has 0 saturated carbocycles. The Balaban J connectivity index is 2.58. The van der Waals surface area contributed by atoms with E-state index >= 15 is 0 Å². The maximum atomic E-state index is 11.6.